The molecule has 0 radical (unpaired) electrons. The van der Waals surface area contributed by atoms with E-state index in [9.17, 15) is 0 Å². The summed E-state index contributed by atoms with van der Waals surface area (Å²) in [5.41, 5.74) is 2.21. The summed E-state index contributed by atoms with van der Waals surface area (Å²) in [4.78, 5) is 8.98. The van der Waals surface area contributed by atoms with Gasteiger partial charge in [0.1, 0.15) is 29.8 Å². The number of ether oxygens (including phenoxy) is 1. The van der Waals surface area contributed by atoms with Crippen molar-refractivity contribution in [3.8, 4) is 5.75 Å². The minimum atomic E-state index is 0.128. The number of para-hydroxylation sites is 1. The second kappa shape index (κ2) is 5.60. The van der Waals surface area contributed by atoms with E-state index < -0.39 is 0 Å². The molecule has 1 atom stereocenters. The number of benzene rings is 1. The van der Waals surface area contributed by atoms with Crippen molar-refractivity contribution in [3.05, 3.63) is 41.2 Å². The molecule has 1 aliphatic heterocycles. The van der Waals surface area contributed by atoms with Crippen LogP contribution in [0.1, 0.15) is 29.9 Å². The van der Waals surface area contributed by atoms with Crippen molar-refractivity contribution in [2.45, 2.75) is 26.8 Å². The highest BCUT2D eigenvalue weighted by molar-refractivity contribution is 5.59. The molecule has 21 heavy (non-hydrogen) atoms. The van der Waals surface area contributed by atoms with Gasteiger partial charge in [0.15, 0.2) is 0 Å². The molecule has 1 aromatic carbocycles. The van der Waals surface area contributed by atoms with Gasteiger partial charge in [0.2, 0.25) is 0 Å². The van der Waals surface area contributed by atoms with Crippen molar-refractivity contribution in [1.82, 2.24) is 9.97 Å². The predicted molar refractivity (Wildman–Crippen MR) is 84.0 cm³/mol. The van der Waals surface area contributed by atoms with Gasteiger partial charge in [-0.05, 0) is 26.8 Å². The third-order valence-electron chi connectivity index (χ3n) is 3.61. The van der Waals surface area contributed by atoms with E-state index in [0.717, 1.165) is 35.3 Å². The molecule has 5 nitrogen and oxygen atoms in total. The number of aromatic nitrogens is 2. The van der Waals surface area contributed by atoms with Crippen LogP contribution in [0.3, 0.4) is 0 Å². The van der Waals surface area contributed by atoms with E-state index in [-0.39, 0.29) is 6.04 Å². The van der Waals surface area contributed by atoms with Gasteiger partial charge in [0, 0.05) is 17.7 Å². The van der Waals surface area contributed by atoms with Crippen LogP contribution >= 0.6 is 0 Å². The zero-order chi connectivity index (χ0) is 14.8. The Morgan fingerprint density at radius 3 is 2.76 bits per heavy atom. The minimum Gasteiger partial charge on any atom is -0.491 e. The Labute approximate surface area is 124 Å². The van der Waals surface area contributed by atoms with Crippen LogP contribution in [-0.4, -0.2) is 23.1 Å². The van der Waals surface area contributed by atoms with Gasteiger partial charge in [0.25, 0.3) is 0 Å². The summed E-state index contributed by atoms with van der Waals surface area (Å²) in [5.74, 6) is 3.46. The molecule has 2 aromatic rings. The van der Waals surface area contributed by atoms with Crippen molar-refractivity contribution in [3.63, 3.8) is 0 Å². The molecule has 2 N–H and O–H groups in total. The fraction of sp³-hybridized carbons (Fsp3) is 0.375. The van der Waals surface area contributed by atoms with Crippen LogP contribution in [0.25, 0.3) is 0 Å². The highest BCUT2D eigenvalue weighted by atomic mass is 16.5. The number of rotatable bonds is 4. The molecule has 0 spiro atoms. The maximum atomic E-state index is 5.71. The molecular weight excluding hydrogens is 264 g/mol. The molecule has 1 aliphatic rings. The van der Waals surface area contributed by atoms with Crippen LogP contribution in [0.15, 0.2) is 24.3 Å². The van der Waals surface area contributed by atoms with Crippen molar-refractivity contribution < 1.29 is 4.74 Å². The lowest BCUT2D eigenvalue weighted by Gasteiger charge is -2.17. The van der Waals surface area contributed by atoms with Crippen LogP contribution in [0.4, 0.5) is 11.6 Å². The van der Waals surface area contributed by atoms with E-state index in [1.807, 2.05) is 32.0 Å². The van der Waals surface area contributed by atoms with Crippen molar-refractivity contribution in [1.29, 1.82) is 0 Å². The molecule has 1 unspecified atom stereocenters. The maximum Gasteiger partial charge on any atom is 0.135 e. The fourth-order valence-corrected chi connectivity index (χ4v) is 2.56. The van der Waals surface area contributed by atoms with Gasteiger partial charge in [-0.1, -0.05) is 18.2 Å². The molecule has 0 saturated heterocycles. The Bertz CT molecular complexity index is 657. The second-order valence-corrected chi connectivity index (χ2v) is 5.17. The molecule has 0 aliphatic carbocycles. The zero-order valence-corrected chi connectivity index (χ0v) is 12.6. The lowest BCUT2D eigenvalue weighted by atomic mass is 10.1. The highest BCUT2D eigenvalue weighted by Gasteiger charge is 2.24. The fourth-order valence-electron chi connectivity index (χ4n) is 2.56. The van der Waals surface area contributed by atoms with Gasteiger partial charge in [-0.3, -0.25) is 0 Å². The van der Waals surface area contributed by atoms with E-state index in [4.69, 9.17) is 4.74 Å². The minimum absolute atomic E-state index is 0.128. The molecule has 5 heteroatoms. The molecule has 0 fully saturated rings. The molecule has 0 bridgehead atoms. The van der Waals surface area contributed by atoms with Gasteiger partial charge in [0.05, 0.1) is 6.04 Å². The third kappa shape index (κ3) is 2.63. The molecule has 0 amide bonds. The summed E-state index contributed by atoms with van der Waals surface area (Å²) in [6.45, 7) is 7.46. The third-order valence-corrected chi connectivity index (χ3v) is 3.61. The summed E-state index contributed by atoms with van der Waals surface area (Å²) >= 11 is 0. The smallest absolute Gasteiger partial charge is 0.135 e. The zero-order valence-electron chi connectivity index (χ0n) is 12.6. The highest BCUT2D eigenvalue weighted by Crippen LogP contribution is 2.34. The van der Waals surface area contributed by atoms with Crippen LogP contribution in [0.5, 0.6) is 5.75 Å². The van der Waals surface area contributed by atoms with Gasteiger partial charge < -0.3 is 15.4 Å². The maximum absolute atomic E-state index is 5.71. The lowest BCUT2D eigenvalue weighted by molar-refractivity contribution is 0.339. The van der Waals surface area contributed by atoms with E-state index in [1.165, 1.54) is 5.56 Å². The topological polar surface area (TPSA) is 59.1 Å². The average Bonchev–Trinajstić information content (AvgIpc) is 2.88. The van der Waals surface area contributed by atoms with E-state index in [0.29, 0.717) is 6.61 Å². The number of aryl methyl sites for hydroxylation is 1. The van der Waals surface area contributed by atoms with E-state index in [1.54, 1.807) is 0 Å². The largest absolute Gasteiger partial charge is 0.491 e. The first kappa shape index (κ1) is 13.7. The Morgan fingerprint density at radius 2 is 1.95 bits per heavy atom. The molecule has 1 aromatic heterocycles. The van der Waals surface area contributed by atoms with Gasteiger partial charge >= 0.3 is 0 Å². The number of nitrogens with zero attached hydrogens (tertiary/aromatic N) is 2. The van der Waals surface area contributed by atoms with E-state index >= 15 is 0 Å². The first-order chi connectivity index (χ1) is 10.2. The Balaban J connectivity index is 1.89. The number of hydrogen-bond donors (Lipinski definition) is 2. The van der Waals surface area contributed by atoms with Gasteiger partial charge in [-0.25, -0.2) is 9.97 Å². The monoisotopic (exact) mass is 284 g/mol. The van der Waals surface area contributed by atoms with E-state index in [2.05, 4.69) is 33.6 Å². The van der Waals surface area contributed by atoms with Crippen LogP contribution < -0.4 is 15.4 Å². The quantitative estimate of drug-likeness (QED) is 0.903. The van der Waals surface area contributed by atoms with Crippen LogP contribution in [-0.2, 0) is 0 Å². The molecule has 110 valence electrons. The van der Waals surface area contributed by atoms with Crippen LogP contribution in [0.2, 0.25) is 0 Å². The summed E-state index contributed by atoms with van der Waals surface area (Å²) in [5, 5.41) is 6.77. The number of anilines is 2. The molecular formula is C16H20N4O. The first-order valence-corrected chi connectivity index (χ1v) is 7.26. The summed E-state index contributed by atoms with van der Waals surface area (Å²) < 4.78 is 5.71. The number of fused-ring (bicyclic) bond motifs is 1. The summed E-state index contributed by atoms with van der Waals surface area (Å²) in [6.07, 6.45) is 0. The van der Waals surface area contributed by atoms with Crippen molar-refractivity contribution in [2.75, 3.05) is 23.8 Å². The molecule has 2 heterocycles. The van der Waals surface area contributed by atoms with Gasteiger partial charge in [-0.15, -0.1) is 0 Å². The molecule has 0 saturated carbocycles. The summed E-state index contributed by atoms with van der Waals surface area (Å²) in [6, 6.07) is 8.24. The average molecular weight is 284 g/mol. The lowest BCUT2D eigenvalue weighted by Crippen LogP contribution is -2.16. The van der Waals surface area contributed by atoms with Crippen molar-refractivity contribution in [2.24, 2.45) is 0 Å². The predicted octanol–water partition coefficient (Wildman–Crippen LogP) is 3.07. The normalized spacial score (nSPS) is 16.2. The van der Waals surface area contributed by atoms with Crippen molar-refractivity contribution >= 4 is 11.6 Å². The Morgan fingerprint density at radius 1 is 1.19 bits per heavy atom. The standard InChI is InChI=1S/C16H20N4O/c1-4-17-15-10(2)16(19-11(3)18-15)20-13-9-21-14-8-6-5-7-12(13)14/h5-8,13H,4,9H2,1-3H3,(H2,17,18,19,20). The number of nitrogens with one attached hydrogen (secondary N) is 2. The Kier molecular flexibility index (Phi) is 3.64. The first-order valence-electron chi connectivity index (χ1n) is 7.26. The van der Waals surface area contributed by atoms with Crippen LogP contribution in [0, 0.1) is 13.8 Å². The van der Waals surface area contributed by atoms with Gasteiger partial charge in [-0.2, -0.15) is 0 Å². The number of hydrogen-bond acceptors (Lipinski definition) is 5. The second-order valence-electron chi connectivity index (χ2n) is 5.17. The SMILES string of the molecule is CCNc1nc(C)nc(NC2COc3ccccc32)c1C. The summed E-state index contributed by atoms with van der Waals surface area (Å²) in [7, 11) is 0. The Hall–Kier alpha value is -2.30. The molecule has 3 rings (SSSR count).